The van der Waals surface area contributed by atoms with Gasteiger partial charge in [0.05, 0.1) is 0 Å². The van der Waals surface area contributed by atoms with Crippen LogP contribution in [0.25, 0.3) is 0 Å². The minimum Gasteiger partial charge on any atom is -0.454 e. The van der Waals surface area contributed by atoms with Crippen LogP contribution in [0.2, 0.25) is 5.02 Å². The number of rotatable bonds is 5. The Bertz CT molecular complexity index is 604. The Hall–Kier alpha value is -1.65. The zero-order valence-electron chi connectivity index (χ0n) is 10.9. The number of halogens is 3. The van der Waals surface area contributed by atoms with Gasteiger partial charge in [-0.3, -0.25) is 0 Å². The summed E-state index contributed by atoms with van der Waals surface area (Å²) in [7, 11) is 0. The van der Waals surface area contributed by atoms with E-state index in [9.17, 15) is 8.78 Å². The van der Waals surface area contributed by atoms with E-state index >= 15 is 0 Å². The van der Waals surface area contributed by atoms with Crippen molar-refractivity contribution in [2.24, 2.45) is 0 Å². The molecule has 2 aromatic carbocycles. The average Bonchev–Trinajstić information content (AvgIpc) is 2.43. The maximum absolute atomic E-state index is 13.5. The molecule has 5 heteroatoms. The number of nitrogens with one attached hydrogen (secondary N) is 1. The molecule has 0 heterocycles. The van der Waals surface area contributed by atoms with Gasteiger partial charge in [0.25, 0.3) is 0 Å². The summed E-state index contributed by atoms with van der Waals surface area (Å²) in [4.78, 5) is 0. The zero-order valence-corrected chi connectivity index (χ0v) is 11.7. The van der Waals surface area contributed by atoms with Gasteiger partial charge >= 0.3 is 0 Å². The molecule has 0 amide bonds. The molecule has 2 nitrogen and oxygen atoms in total. The fourth-order valence-corrected chi connectivity index (χ4v) is 1.92. The molecule has 2 aromatic rings. The molecule has 20 heavy (non-hydrogen) atoms. The normalized spacial score (nSPS) is 10.6. The number of benzene rings is 2. The van der Waals surface area contributed by atoms with Gasteiger partial charge in [-0.25, -0.2) is 4.39 Å². The molecule has 2 rings (SSSR count). The Morgan fingerprint density at radius 1 is 1.20 bits per heavy atom. The van der Waals surface area contributed by atoms with Crippen LogP contribution in [-0.2, 0) is 6.54 Å². The summed E-state index contributed by atoms with van der Waals surface area (Å²) >= 11 is 6.11. The van der Waals surface area contributed by atoms with Crippen LogP contribution >= 0.6 is 11.6 Å². The highest BCUT2D eigenvalue weighted by molar-refractivity contribution is 6.31. The lowest BCUT2D eigenvalue weighted by atomic mass is 10.2. The molecule has 0 aromatic heterocycles. The maximum Gasteiger partial charge on any atom is 0.201 e. The molecular formula is C15H14ClF2NO. The van der Waals surface area contributed by atoms with E-state index in [0.717, 1.165) is 18.2 Å². The molecule has 0 aliphatic carbocycles. The lowest BCUT2D eigenvalue weighted by molar-refractivity contribution is 0.416. The number of ether oxygens (including phenoxy) is 1. The predicted molar refractivity (Wildman–Crippen MR) is 75.3 cm³/mol. The molecular weight excluding hydrogens is 284 g/mol. The van der Waals surface area contributed by atoms with E-state index in [1.165, 1.54) is 12.1 Å². The van der Waals surface area contributed by atoms with Crippen LogP contribution in [0.15, 0.2) is 36.4 Å². The standard InChI is InChI=1S/C15H14ClF2NO/c1-2-19-9-10-6-7-11(8-12(10)16)20-14-5-3-4-13(17)15(14)18/h3-8,19H,2,9H2,1H3. The van der Waals surface area contributed by atoms with Crippen molar-refractivity contribution in [1.29, 1.82) is 0 Å². The fraction of sp³-hybridized carbons (Fsp3) is 0.200. The van der Waals surface area contributed by atoms with E-state index < -0.39 is 11.6 Å². The van der Waals surface area contributed by atoms with Crippen LogP contribution < -0.4 is 10.1 Å². The van der Waals surface area contributed by atoms with Gasteiger partial charge in [-0.2, -0.15) is 4.39 Å². The smallest absolute Gasteiger partial charge is 0.201 e. The molecule has 1 N–H and O–H groups in total. The molecule has 0 atom stereocenters. The molecule has 0 aliphatic rings. The summed E-state index contributed by atoms with van der Waals surface area (Å²) in [6, 6.07) is 8.82. The zero-order chi connectivity index (χ0) is 14.5. The van der Waals surface area contributed by atoms with Crippen LogP contribution in [-0.4, -0.2) is 6.54 Å². The third-order valence-corrected chi connectivity index (χ3v) is 3.09. The van der Waals surface area contributed by atoms with Crippen molar-refractivity contribution in [3.63, 3.8) is 0 Å². The number of hydrogen-bond donors (Lipinski definition) is 1. The van der Waals surface area contributed by atoms with Gasteiger partial charge in [-0.15, -0.1) is 0 Å². The highest BCUT2D eigenvalue weighted by Crippen LogP contribution is 2.29. The van der Waals surface area contributed by atoms with Crippen molar-refractivity contribution in [1.82, 2.24) is 5.32 Å². The van der Waals surface area contributed by atoms with E-state index in [0.29, 0.717) is 17.3 Å². The summed E-state index contributed by atoms with van der Waals surface area (Å²) in [5.74, 6) is -1.77. The summed E-state index contributed by atoms with van der Waals surface area (Å²) < 4.78 is 31.9. The SMILES string of the molecule is CCNCc1ccc(Oc2cccc(F)c2F)cc1Cl. The minimum absolute atomic E-state index is 0.166. The predicted octanol–water partition coefficient (Wildman–Crippen LogP) is 4.52. The Balaban J connectivity index is 2.18. The first kappa shape index (κ1) is 14.8. The molecule has 0 saturated heterocycles. The maximum atomic E-state index is 13.5. The first-order chi connectivity index (χ1) is 9.61. The van der Waals surface area contributed by atoms with Crippen molar-refractivity contribution in [3.05, 3.63) is 58.6 Å². The lowest BCUT2D eigenvalue weighted by Gasteiger charge is -2.10. The van der Waals surface area contributed by atoms with Gasteiger partial charge in [-0.05, 0) is 36.4 Å². The molecule has 0 aliphatic heterocycles. The van der Waals surface area contributed by atoms with Crippen LogP contribution in [0, 0.1) is 11.6 Å². The summed E-state index contributed by atoms with van der Waals surface area (Å²) in [5, 5.41) is 3.67. The van der Waals surface area contributed by atoms with Crippen molar-refractivity contribution < 1.29 is 13.5 Å². The molecule has 106 valence electrons. The molecule has 0 fully saturated rings. The van der Waals surface area contributed by atoms with Crippen molar-refractivity contribution >= 4 is 11.6 Å². The highest BCUT2D eigenvalue weighted by atomic mass is 35.5. The highest BCUT2D eigenvalue weighted by Gasteiger charge is 2.10. The third kappa shape index (κ3) is 3.46. The minimum atomic E-state index is -1.01. The number of hydrogen-bond acceptors (Lipinski definition) is 2. The lowest BCUT2D eigenvalue weighted by Crippen LogP contribution is -2.11. The Morgan fingerprint density at radius 2 is 2.00 bits per heavy atom. The van der Waals surface area contributed by atoms with Gasteiger partial charge in [0.15, 0.2) is 11.6 Å². The topological polar surface area (TPSA) is 21.3 Å². The van der Waals surface area contributed by atoms with E-state index in [4.69, 9.17) is 16.3 Å². The van der Waals surface area contributed by atoms with Crippen LogP contribution in [0.4, 0.5) is 8.78 Å². The van der Waals surface area contributed by atoms with Crippen LogP contribution in [0.1, 0.15) is 12.5 Å². The van der Waals surface area contributed by atoms with E-state index in [1.54, 1.807) is 18.2 Å². The van der Waals surface area contributed by atoms with Crippen LogP contribution in [0.3, 0.4) is 0 Å². The van der Waals surface area contributed by atoms with Gasteiger partial charge in [0, 0.05) is 11.6 Å². The third-order valence-electron chi connectivity index (χ3n) is 2.73. The molecule has 0 spiro atoms. The molecule has 0 radical (unpaired) electrons. The Morgan fingerprint density at radius 3 is 2.70 bits per heavy atom. The second-order valence-corrected chi connectivity index (χ2v) is 4.59. The molecule has 0 unspecified atom stereocenters. The summed E-state index contributed by atoms with van der Waals surface area (Å²) in [6.07, 6.45) is 0. The monoisotopic (exact) mass is 297 g/mol. The average molecular weight is 298 g/mol. The van der Waals surface area contributed by atoms with Crippen molar-refractivity contribution in [2.75, 3.05) is 6.54 Å². The molecule has 0 saturated carbocycles. The second-order valence-electron chi connectivity index (χ2n) is 4.19. The quantitative estimate of drug-likeness (QED) is 0.876. The van der Waals surface area contributed by atoms with Gasteiger partial charge in [0.1, 0.15) is 5.75 Å². The Kier molecular flexibility index (Phi) is 4.93. The Labute approximate surface area is 121 Å². The van der Waals surface area contributed by atoms with E-state index in [-0.39, 0.29) is 5.75 Å². The van der Waals surface area contributed by atoms with E-state index in [1.807, 2.05) is 6.92 Å². The van der Waals surface area contributed by atoms with Gasteiger partial charge in [-0.1, -0.05) is 30.7 Å². The van der Waals surface area contributed by atoms with Crippen LogP contribution in [0.5, 0.6) is 11.5 Å². The van der Waals surface area contributed by atoms with Crippen molar-refractivity contribution in [2.45, 2.75) is 13.5 Å². The largest absolute Gasteiger partial charge is 0.454 e. The second kappa shape index (κ2) is 6.68. The first-order valence-corrected chi connectivity index (χ1v) is 6.60. The first-order valence-electron chi connectivity index (χ1n) is 6.23. The van der Waals surface area contributed by atoms with Gasteiger partial charge < -0.3 is 10.1 Å². The van der Waals surface area contributed by atoms with Crippen molar-refractivity contribution in [3.8, 4) is 11.5 Å². The molecule has 0 bridgehead atoms. The van der Waals surface area contributed by atoms with Gasteiger partial charge in [0.2, 0.25) is 5.82 Å². The summed E-state index contributed by atoms with van der Waals surface area (Å²) in [6.45, 7) is 3.48. The van der Waals surface area contributed by atoms with E-state index in [2.05, 4.69) is 5.32 Å². The fourth-order valence-electron chi connectivity index (χ4n) is 1.68. The summed E-state index contributed by atoms with van der Waals surface area (Å²) in [5.41, 5.74) is 0.917.